The fraction of sp³-hybridized carbons (Fsp3) is 0.818. The van der Waals surface area contributed by atoms with Crippen LogP contribution in [0.1, 0.15) is 26.7 Å². The van der Waals surface area contributed by atoms with Gasteiger partial charge in [-0.05, 0) is 24.8 Å². The smallest absolute Gasteiger partial charge is 0.326 e. The highest BCUT2D eigenvalue weighted by Crippen LogP contribution is 2.22. The van der Waals surface area contributed by atoms with Crippen LogP contribution in [0.25, 0.3) is 0 Å². The number of hydrogen-bond acceptors (Lipinski definition) is 3. The third-order valence-corrected chi connectivity index (χ3v) is 2.93. The van der Waals surface area contributed by atoms with Gasteiger partial charge in [0.1, 0.15) is 6.04 Å². The molecular formula is C11H20N2O3. The number of amides is 1. The summed E-state index contributed by atoms with van der Waals surface area (Å²) in [6.45, 7) is 4.84. The Labute approximate surface area is 95.6 Å². The van der Waals surface area contributed by atoms with Crippen molar-refractivity contribution in [3.05, 3.63) is 0 Å². The molecule has 92 valence electrons. The molecule has 0 aromatic heterocycles. The Kier molecular flexibility index (Phi) is 4.29. The summed E-state index contributed by atoms with van der Waals surface area (Å²) in [6.07, 6.45) is 0.886. The van der Waals surface area contributed by atoms with Crippen LogP contribution in [-0.4, -0.2) is 41.0 Å². The molecule has 1 aliphatic heterocycles. The minimum atomic E-state index is -0.917. The lowest BCUT2D eigenvalue weighted by molar-refractivity contribution is -0.149. The van der Waals surface area contributed by atoms with Crippen LogP contribution >= 0.6 is 0 Å². The van der Waals surface area contributed by atoms with Gasteiger partial charge in [0.15, 0.2) is 0 Å². The summed E-state index contributed by atoms with van der Waals surface area (Å²) in [5.41, 5.74) is 5.51. The third-order valence-electron chi connectivity index (χ3n) is 2.93. The standard InChI is InChI=1S/C11H20N2O3/c1-7(2)3-9(11(15)16)13-6-8(5-12)4-10(13)14/h7-9H,3-6,12H2,1-2H3,(H,15,16). The van der Waals surface area contributed by atoms with Gasteiger partial charge in [0.25, 0.3) is 0 Å². The maximum Gasteiger partial charge on any atom is 0.326 e. The van der Waals surface area contributed by atoms with E-state index in [1.807, 2.05) is 13.8 Å². The number of likely N-dealkylation sites (tertiary alicyclic amines) is 1. The maximum atomic E-state index is 11.7. The molecule has 1 saturated heterocycles. The lowest BCUT2D eigenvalue weighted by Gasteiger charge is -2.26. The number of rotatable bonds is 5. The van der Waals surface area contributed by atoms with E-state index in [9.17, 15) is 9.59 Å². The Morgan fingerprint density at radius 1 is 1.62 bits per heavy atom. The van der Waals surface area contributed by atoms with E-state index in [0.717, 1.165) is 0 Å². The van der Waals surface area contributed by atoms with E-state index in [1.54, 1.807) is 0 Å². The molecule has 2 atom stereocenters. The Balaban J connectivity index is 2.71. The lowest BCUT2D eigenvalue weighted by Crippen LogP contribution is -2.43. The molecule has 5 heteroatoms. The Morgan fingerprint density at radius 3 is 2.62 bits per heavy atom. The fourth-order valence-corrected chi connectivity index (χ4v) is 2.08. The van der Waals surface area contributed by atoms with Crippen molar-refractivity contribution >= 4 is 11.9 Å². The summed E-state index contributed by atoms with van der Waals surface area (Å²) in [4.78, 5) is 24.3. The molecule has 1 aliphatic rings. The summed E-state index contributed by atoms with van der Waals surface area (Å²) in [6, 6.07) is -0.691. The van der Waals surface area contributed by atoms with E-state index in [2.05, 4.69) is 0 Å². The zero-order valence-electron chi connectivity index (χ0n) is 9.85. The molecule has 1 rings (SSSR count). The van der Waals surface area contributed by atoms with Crippen LogP contribution in [-0.2, 0) is 9.59 Å². The summed E-state index contributed by atoms with van der Waals surface area (Å²) in [7, 11) is 0. The predicted molar refractivity (Wildman–Crippen MR) is 59.8 cm³/mol. The van der Waals surface area contributed by atoms with Crippen molar-refractivity contribution in [3.63, 3.8) is 0 Å². The minimum Gasteiger partial charge on any atom is -0.480 e. The van der Waals surface area contributed by atoms with Crippen molar-refractivity contribution < 1.29 is 14.7 Å². The van der Waals surface area contributed by atoms with Gasteiger partial charge in [-0.25, -0.2) is 4.79 Å². The maximum absolute atomic E-state index is 11.7. The van der Waals surface area contributed by atoms with Gasteiger partial charge in [0.05, 0.1) is 0 Å². The van der Waals surface area contributed by atoms with Crippen LogP contribution < -0.4 is 5.73 Å². The first-order valence-electron chi connectivity index (χ1n) is 5.68. The molecule has 1 fully saturated rings. The molecule has 2 unspecified atom stereocenters. The molecule has 0 bridgehead atoms. The monoisotopic (exact) mass is 228 g/mol. The van der Waals surface area contributed by atoms with Crippen LogP contribution in [0.15, 0.2) is 0 Å². The van der Waals surface area contributed by atoms with Crippen LogP contribution in [0.3, 0.4) is 0 Å². The van der Waals surface area contributed by atoms with E-state index in [-0.39, 0.29) is 17.7 Å². The van der Waals surface area contributed by atoms with Crippen molar-refractivity contribution in [3.8, 4) is 0 Å². The Morgan fingerprint density at radius 2 is 2.25 bits per heavy atom. The van der Waals surface area contributed by atoms with Gasteiger partial charge >= 0.3 is 5.97 Å². The topological polar surface area (TPSA) is 83.6 Å². The molecule has 5 nitrogen and oxygen atoms in total. The molecule has 0 aromatic rings. The zero-order valence-corrected chi connectivity index (χ0v) is 9.85. The molecular weight excluding hydrogens is 208 g/mol. The van der Waals surface area contributed by atoms with Crippen LogP contribution in [0.4, 0.5) is 0 Å². The number of nitrogens with two attached hydrogens (primary N) is 1. The SMILES string of the molecule is CC(C)CC(C(=O)O)N1CC(CN)CC1=O. The van der Waals surface area contributed by atoms with E-state index >= 15 is 0 Å². The summed E-state index contributed by atoms with van der Waals surface area (Å²) < 4.78 is 0. The van der Waals surface area contributed by atoms with Crippen molar-refractivity contribution in [2.24, 2.45) is 17.6 Å². The highest BCUT2D eigenvalue weighted by molar-refractivity contribution is 5.85. The first-order chi connectivity index (χ1) is 7.45. The fourth-order valence-electron chi connectivity index (χ4n) is 2.08. The second kappa shape index (κ2) is 5.30. The minimum absolute atomic E-state index is 0.0801. The molecule has 1 amide bonds. The summed E-state index contributed by atoms with van der Waals surface area (Å²) in [5.74, 6) is -0.629. The molecule has 0 aliphatic carbocycles. The predicted octanol–water partition coefficient (Wildman–Crippen LogP) is 0.293. The number of carbonyl (C=O) groups excluding carboxylic acids is 1. The Bertz CT molecular complexity index is 278. The molecule has 0 spiro atoms. The van der Waals surface area contributed by atoms with Gasteiger partial charge in [-0.15, -0.1) is 0 Å². The second-order valence-corrected chi connectivity index (χ2v) is 4.84. The van der Waals surface area contributed by atoms with Gasteiger partial charge in [-0.1, -0.05) is 13.8 Å². The number of carbonyl (C=O) groups is 2. The van der Waals surface area contributed by atoms with Crippen LogP contribution in [0, 0.1) is 11.8 Å². The molecule has 0 radical (unpaired) electrons. The van der Waals surface area contributed by atoms with E-state index in [0.29, 0.717) is 25.9 Å². The highest BCUT2D eigenvalue weighted by Gasteiger charge is 2.37. The lowest BCUT2D eigenvalue weighted by atomic mass is 10.0. The van der Waals surface area contributed by atoms with Gasteiger partial charge in [0, 0.05) is 13.0 Å². The normalized spacial score (nSPS) is 22.9. The second-order valence-electron chi connectivity index (χ2n) is 4.84. The van der Waals surface area contributed by atoms with Crippen molar-refractivity contribution in [2.45, 2.75) is 32.7 Å². The van der Waals surface area contributed by atoms with E-state index < -0.39 is 12.0 Å². The number of carboxylic acids is 1. The molecule has 1 heterocycles. The molecule has 0 aromatic carbocycles. The molecule has 0 saturated carbocycles. The van der Waals surface area contributed by atoms with Crippen molar-refractivity contribution in [1.29, 1.82) is 0 Å². The largest absolute Gasteiger partial charge is 0.480 e. The number of hydrogen-bond donors (Lipinski definition) is 2. The van der Waals surface area contributed by atoms with Gasteiger partial charge < -0.3 is 15.7 Å². The highest BCUT2D eigenvalue weighted by atomic mass is 16.4. The van der Waals surface area contributed by atoms with Crippen LogP contribution in [0.2, 0.25) is 0 Å². The number of aliphatic carboxylic acids is 1. The zero-order chi connectivity index (χ0) is 12.3. The van der Waals surface area contributed by atoms with Gasteiger partial charge in [-0.3, -0.25) is 4.79 Å². The first kappa shape index (κ1) is 13.0. The summed E-state index contributed by atoms with van der Waals surface area (Å²) >= 11 is 0. The number of nitrogens with zero attached hydrogens (tertiary/aromatic N) is 1. The average molecular weight is 228 g/mol. The first-order valence-corrected chi connectivity index (χ1v) is 5.68. The van der Waals surface area contributed by atoms with Gasteiger partial charge in [-0.2, -0.15) is 0 Å². The molecule has 3 N–H and O–H groups in total. The third kappa shape index (κ3) is 2.95. The quantitative estimate of drug-likeness (QED) is 0.708. The van der Waals surface area contributed by atoms with E-state index in [1.165, 1.54) is 4.90 Å². The van der Waals surface area contributed by atoms with Crippen molar-refractivity contribution in [2.75, 3.05) is 13.1 Å². The summed E-state index contributed by atoms with van der Waals surface area (Å²) in [5, 5.41) is 9.13. The number of carboxylic acid groups (broad SMARTS) is 1. The van der Waals surface area contributed by atoms with E-state index in [4.69, 9.17) is 10.8 Å². The van der Waals surface area contributed by atoms with Crippen LogP contribution in [0.5, 0.6) is 0 Å². The van der Waals surface area contributed by atoms with Crippen molar-refractivity contribution in [1.82, 2.24) is 4.90 Å². The average Bonchev–Trinajstić information content (AvgIpc) is 2.55. The Hall–Kier alpha value is -1.10. The molecule has 16 heavy (non-hydrogen) atoms. The van der Waals surface area contributed by atoms with Gasteiger partial charge in [0.2, 0.25) is 5.91 Å².